The lowest BCUT2D eigenvalue weighted by Gasteiger charge is -2.46. The zero-order valence-corrected chi connectivity index (χ0v) is 59.2. The van der Waals surface area contributed by atoms with Crippen molar-refractivity contribution < 1.29 is 64.6 Å². The van der Waals surface area contributed by atoms with E-state index in [0.29, 0.717) is 12.8 Å². The molecular formula is C79H143NO13. The van der Waals surface area contributed by atoms with Crippen LogP contribution < -0.4 is 5.32 Å². The molecule has 2 rings (SSSR count). The van der Waals surface area contributed by atoms with Crippen LogP contribution in [0.3, 0.4) is 0 Å². The predicted octanol–water partition coefficient (Wildman–Crippen LogP) is 17.0. The fourth-order valence-electron chi connectivity index (χ4n) is 12.5. The van der Waals surface area contributed by atoms with E-state index in [1.807, 2.05) is 6.08 Å². The Balaban J connectivity index is 1.67. The van der Waals surface area contributed by atoms with Crippen molar-refractivity contribution in [3.63, 3.8) is 0 Å². The number of allylic oxidation sites excluding steroid dienone is 11. The highest BCUT2D eigenvalue weighted by molar-refractivity contribution is 5.76. The minimum atomic E-state index is -1.80. The van der Waals surface area contributed by atoms with Crippen LogP contribution in [0.2, 0.25) is 0 Å². The van der Waals surface area contributed by atoms with E-state index >= 15 is 0 Å². The van der Waals surface area contributed by atoms with Crippen molar-refractivity contribution >= 4 is 5.91 Å². The molecule has 1 amide bonds. The van der Waals surface area contributed by atoms with E-state index in [1.54, 1.807) is 6.08 Å². The molecule has 0 spiro atoms. The monoisotopic (exact) mass is 1310 g/mol. The normalized spacial score (nSPS) is 22.9. The van der Waals surface area contributed by atoms with E-state index < -0.39 is 86.8 Å². The van der Waals surface area contributed by atoms with Crippen molar-refractivity contribution in [2.45, 2.75) is 402 Å². The van der Waals surface area contributed by atoms with Gasteiger partial charge in [-0.25, -0.2) is 0 Å². The van der Waals surface area contributed by atoms with Gasteiger partial charge < -0.3 is 65.1 Å². The second-order valence-electron chi connectivity index (χ2n) is 27.1. The lowest BCUT2D eigenvalue weighted by atomic mass is 9.97. The molecule has 542 valence electrons. The first-order valence-corrected chi connectivity index (χ1v) is 38.7. The molecule has 9 N–H and O–H groups in total. The minimum absolute atomic E-state index is 0.254. The molecule has 93 heavy (non-hydrogen) atoms. The zero-order chi connectivity index (χ0) is 67.3. The zero-order valence-electron chi connectivity index (χ0n) is 59.2. The van der Waals surface area contributed by atoms with Crippen LogP contribution in [0.4, 0.5) is 0 Å². The highest BCUT2D eigenvalue weighted by atomic mass is 16.7. The SMILES string of the molecule is CCCCCCC/C=C\C/C=C\C/C=C\CCCCCCCCCCCCCCC(=O)NC(COC1OC(CO)C(OC2OC(CO)C(O)C(O)C2O)C(O)C1O)C(O)/C=C/CC/C=C/CC/C=C/CCCCCCCCCCCCCCCCCCCCCCCC. The molecule has 0 bridgehead atoms. The molecule has 12 atom stereocenters. The van der Waals surface area contributed by atoms with Gasteiger partial charge in [-0.15, -0.1) is 0 Å². The minimum Gasteiger partial charge on any atom is -0.394 e. The van der Waals surface area contributed by atoms with Gasteiger partial charge in [0.05, 0.1) is 32.0 Å². The number of unbranched alkanes of at least 4 members (excludes halogenated alkanes) is 41. The van der Waals surface area contributed by atoms with Crippen molar-refractivity contribution in [3.05, 3.63) is 72.9 Å². The van der Waals surface area contributed by atoms with Gasteiger partial charge in [-0.2, -0.15) is 0 Å². The molecule has 2 aliphatic heterocycles. The van der Waals surface area contributed by atoms with E-state index in [9.17, 15) is 45.6 Å². The predicted molar refractivity (Wildman–Crippen MR) is 383 cm³/mol. The first kappa shape index (κ1) is 86.5. The van der Waals surface area contributed by atoms with Gasteiger partial charge in [-0.1, -0.05) is 311 Å². The third-order valence-electron chi connectivity index (χ3n) is 18.6. The van der Waals surface area contributed by atoms with E-state index in [1.165, 1.54) is 231 Å². The number of hydrogen-bond acceptors (Lipinski definition) is 13. The van der Waals surface area contributed by atoms with Crippen LogP contribution in [0.15, 0.2) is 72.9 Å². The maximum atomic E-state index is 13.4. The standard InChI is InChI=1S/C79H143NO13/c1-3-5-7-9-11-13-15-17-19-21-23-25-27-29-31-32-33-34-35-37-38-40-42-44-46-48-50-52-54-56-58-60-62-68(83)67(66-90-78-76(89)74(87)77(70(65-82)92-78)93-79-75(88)73(86)72(85)69(64-81)91-79)80-71(84)63-61-59-57-55-53-51-49-47-45-43-41-39-36-30-28-26-24-22-20-18-16-14-12-10-8-6-4-2/h16,18,22,24,28,30,44,46,52,54,60,62,67-70,72-79,81-83,85-89H,3-15,17,19-21,23,25-27,29,31-43,45,47-51,53,55-59,61,63-66H2,1-2H3,(H,80,84)/b18-16-,24-22-,30-28-,46-44+,54-52+,62-60+. The molecule has 2 aliphatic rings. The molecule has 0 aromatic carbocycles. The van der Waals surface area contributed by atoms with E-state index in [4.69, 9.17) is 18.9 Å². The number of ether oxygens (including phenoxy) is 4. The number of carbonyl (C=O) groups excluding carboxylic acids is 1. The van der Waals surface area contributed by atoms with Crippen LogP contribution in [0.1, 0.15) is 328 Å². The van der Waals surface area contributed by atoms with Crippen LogP contribution in [0.5, 0.6) is 0 Å². The van der Waals surface area contributed by atoms with Gasteiger partial charge in [0, 0.05) is 6.42 Å². The van der Waals surface area contributed by atoms with Crippen molar-refractivity contribution in [2.75, 3.05) is 19.8 Å². The Morgan fingerprint density at radius 2 is 0.720 bits per heavy atom. The quantitative estimate of drug-likeness (QED) is 0.0204. The Morgan fingerprint density at radius 3 is 1.13 bits per heavy atom. The van der Waals surface area contributed by atoms with Crippen molar-refractivity contribution in [2.24, 2.45) is 0 Å². The highest BCUT2D eigenvalue weighted by Crippen LogP contribution is 2.30. The average molecular weight is 1320 g/mol. The van der Waals surface area contributed by atoms with Gasteiger partial charge >= 0.3 is 0 Å². The van der Waals surface area contributed by atoms with Crippen LogP contribution in [0, 0.1) is 0 Å². The molecular weight excluding hydrogens is 1170 g/mol. The molecule has 0 radical (unpaired) electrons. The number of hydrogen-bond donors (Lipinski definition) is 9. The van der Waals surface area contributed by atoms with Gasteiger partial charge in [0.15, 0.2) is 12.6 Å². The molecule has 0 saturated carbocycles. The summed E-state index contributed by atoms with van der Waals surface area (Å²) in [6.45, 7) is 2.80. The fourth-order valence-corrected chi connectivity index (χ4v) is 12.5. The summed E-state index contributed by atoms with van der Waals surface area (Å²) in [5, 5.41) is 87.6. The van der Waals surface area contributed by atoms with Crippen molar-refractivity contribution in [3.8, 4) is 0 Å². The molecule has 2 heterocycles. The van der Waals surface area contributed by atoms with Gasteiger partial charge in [-0.05, 0) is 83.5 Å². The molecule has 14 heteroatoms. The summed E-state index contributed by atoms with van der Waals surface area (Å²) in [6, 6.07) is -0.945. The fraction of sp³-hybridized carbons (Fsp3) is 0.835. The number of aliphatic hydroxyl groups excluding tert-OH is 8. The third kappa shape index (κ3) is 46.4. The molecule has 14 nitrogen and oxygen atoms in total. The smallest absolute Gasteiger partial charge is 0.220 e. The number of aliphatic hydroxyl groups is 8. The number of nitrogens with one attached hydrogen (secondary N) is 1. The number of amides is 1. The Labute approximate surface area is 568 Å². The Kier molecular flexibility index (Phi) is 58.5. The first-order chi connectivity index (χ1) is 45.6. The highest BCUT2D eigenvalue weighted by Gasteiger charge is 2.51. The summed E-state index contributed by atoms with van der Waals surface area (Å²) in [4.78, 5) is 13.4. The third-order valence-corrected chi connectivity index (χ3v) is 18.6. The summed E-state index contributed by atoms with van der Waals surface area (Å²) in [5.41, 5.74) is 0. The topological polar surface area (TPSA) is 228 Å². The second kappa shape index (κ2) is 62.9. The first-order valence-electron chi connectivity index (χ1n) is 38.7. The van der Waals surface area contributed by atoms with Gasteiger partial charge in [0.25, 0.3) is 0 Å². The summed E-state index contributed by atoms with van der Waals surface area (Å²) in [7, 11) is 0. The summed E-state index contributed by atoms with van der Waals surface area (Å²) in [5.74, 6) is -0.254. The van der Waals surface area contributed by atoms with Crippen LogP contribution in [0.25, 0.3) is 0 Å². The van der Waals surface area contributed by atoms with Gasteiger partial charge in [0.2, 0.25) is 5.91 Å². The summed E-state index contributed by atoms with van der Waals surface area (Å²) < 4.78 is 22.9. The molecule has 0 aromatic rings. The van der Waals surface area contributed by atoms with Crippen LogP contribution >= 0.6 is 0 Å². The van der Waals surface area contributed by atoms with E-state index in [0.717, 1.165) is 64.2 Å². The molecule has 2 fully saturated rings. The molecule has 0 aromatic heterocycles. The molecule has 12 unspecified atom stereocenters. The summed E-state index contributed by atoms with van der Waals surface area (Å²) in [6.07, 6.45) is 69.8. The molecule has 0 aliphatic carbocycles. The number of rotatable bonds is 64. The van der Waals surface area contributed by atoms with Gasteiger partial charge in [-0.3, -0.25) is 4.79 Å². The van der Waals surface area contributed by atoms with Crippen molar-refractivity contribution in [1.29, 1.82) is 0 Å². The largest absolute Gasteiger partial charge is 0.394 e. The Bertz CT molecular complexity index is 1840. The van der Waals surface area contributed by atoms with Crippen LogP contribution in [-0.4, -0.2) is 140 Å². The second-order valence-corrected chi connectivity index (χ2v) is 27.1. The molecule has 2 saturated heterocycles. The van der Waals surface area contributed by atoms with Crippen LogP contribution in [-0.2, 0) is 23.7 Å². The number of carbonyl (C=O) groups is 1. The maximum Gasteiger partial charge on any atom is 0.220 e. The lowest BCUT2D eigenvalue weighted by molar-refractivity contribution is -0.359. The summed E-state index contributed by atoms with van der Waals surface area (Å²) >= 11 is 0. The van der Waals surface area contributed by atoms with Gasteiger partial charge in [0.1, 0.15) is 48.8 Å². The maximum absolute atomic E-state index is 13.4. The van der Waals surface area contributed by atoms with Crippen molar-refractivity contribution in [1.82, 2.24) is 5.32 Å². The van der Waals surface area contributed by atoms with E-state index in [-0.39, 0.29) is 18.9 Å². The Hall–Kier alpha value is -2.57. The Morgan fingerprint density at radius 1 is 0.387 bits per heavy atom. The van der Waals surface area contributed by atoms with E-state index in [2.05, 4.69) is 79.9 Å². The average Bonchev–Trinajstić information content (AvgIpc) is 0.854. The lowest BCUT2D eigenvalue weighted by Crippen LogP contribution is -2.65.